The molecule has 1 heterocycles. The summed E-state index contributed by atoms with van der Waals surface area (Å²) in [7, 11) is 0. The highest BCUT2D eigenvalue weighted by atomic mass is 16.3. The van der Waals surface area contributed by atoms with E-state index in [1.165, 1.54) is 19.3 Å². The molecule has 2 aliphatic rings. The summed E-state index contributed by atoms with van der Waals surface area (Å²) in [6.07, 6.45) is 7.85. The number of carbonyl (C=O) groups excluding carboxylic acids is 1. The van der Waals surface area contributed by atoms with Gasteiger partial charge in [-0.25, -0.2) is 0 Å². The quantitative estimate of drug-likeness (QED) is 0.832. The van der Waals surface area contributed by atoms with E-state index in [4.69, 9.17) is 0 Å². The number of piperidine rings is 1. The summed E-state index contributed by atoms with van der Waals surface area (Å²) in [6.45, 7) is 5.57. The van der Waals surface area contributed by atoms with Gasteiger partial charge in [0.2, 0.25) is 0 Å². The molecule has 2 rings (SSSR count). The third-order valence-electron chi connectivity index (χ3n) is 4.91. The lowest BCUT2D eigenvalue weighted by Crippen LogP contribution is -2.42. The van der Waals surface area contributed by atoms with Crippen LogP contribution in [0.15, 0.2) is 0 Å². The summed E-state index contributed by atoms with van der Waals surface area (Å²) >= 11 is 0. The molecule has 3 nitrogen and oxygen atoms in total. The van der Waals surface area contributed by atoms with E-state index in [2.05, 4.69) is 11.8 Å². The molecule has 3 heteroatoms. The number of carbonyl (C=O) groups is 1. The molecule has 0 radical (unpaired) electrons. The zero-order chi connectivity index (χ0) is 13.7. The van der Waals surface area contributed by atoms with Crippen LogP contribution in [0.5, 0.6) is 0 Å². The van der Waals surface area contributed by atoms with Gasteiger partial charge in [0.15, 0.2) is 0 Å². The average Bonchev–Trinajstić information content (AvgIpc) is 2.43. The molecule has 2 fully saturated rings. The minimum atomic E-state index is 0.266. The molecule has 110 valence electrons. The van der Waals surface area contributed by atoms with Gasteiger partial charge in [0, 0.05) is 32.0 Å². The molecule has 0 aromatic rings. The number of hydrogen-bond acceptors (Lipinski definition) is 3. The van der Waals surface area contributed by atoms with Crippen LogP contribution >= 0.6 is 0 Å². The SMILES string of the molecule is CCCC1CCC(=O)C(CN2CCCC(CO)C2)C1. The van der Waals surface area contributed by atoms with E-state index in [1.807, 2.05) is 0 Å². The summed E-state index contributed by atoms with van der Waals surface area (Å²) in [4.78, 5) is 14.5. The Morgan fingerprint density at radius 2 is 2.16 bits per heavy atom. The Kier molecular flexibility index (Phi) is 5.83. The summed E-state index contributed by atoms with van der Waals surface area (Å²) < 4.78 is 0. The standard InChI is InChI=1S/C16H29NO2/c1-2-4-13-6-7-16(19)15(9-13)11-17-8-3-5-14(10-17)12-18/h13-15,18H,2-12H2,1H3. The Morgan fingerprint density at radius 3 is 2.89 bits per heavy atom. The van der Waals surface area contributed by atoms with Gasteiger partial charge in [-0.3, -0.25) is 4.79 Å². The van der Waals surface area contributed by atoms with Crippen LogP contribution in [0.25, 0.3) is 0 Å². The van der Waals surface area contributed by atoms with E-state index in [0.717, 1.165) is 51.2 Å². The molecule has 0 amide bonds. The predicted octanol–water partition coefficient (Wildman–Crippen LogP) is 2.48. The average molecular weight is 267 g/mol. The van der Waals surface area contributed by atoms with Crippen molar-refractivity contribution in [3.05, 3.63) is 0 Å². The second-order valence-corrected chi connectivity index (χ2v) is 6.54. The molecule has 1 saturated heterocycles. The maximum Gasteiger partial charge on any atom is 0.137 e. The molecular weight excluding hydrogens is 238 g/mol. The van der Waals surface area contributed by atoms with Crippen molar-refractivity contribution in [3.63, 3.8) is 0 Å². The normalized spacial score (nSPS) is 33.6. The smallest absolute Gasteiger partial charge is 0.137 e. The van der Waals surface area contributed by atoms with Crippen LogP contribution < -0.4 is 0 Å². The molecule has 0 aromatic heterocycles. The molecule has 1 saturated carbocycles. The fraction of sp³-hybridized carbons (Fsp3) is 0.938. The van der Waals surface area contributed by atoms with E-state index in [9.17, 15) is 9.90 Å². The van der Waals surface area contributed by atoms with E-state index in [-0.39, 0.29) is 5.92 Å². The third-order valence-corrected chi connectivity index (χ3v) is 4.91. The maximum absolute atomic E-state index is 12.1. The fourth-order valence-electron chi connectivity index (χ4n) is 3.83. The van der Waals surface area contributed by atoms with Crippen molar-refractivity contribution in [2.45, 2.75) is 51.9 Å². The van der Waals surface area contributed by atoms with Gasteiger partial charge in [0.25, 0.3) is 0 Å². The molecule has 3 unspecified atom stereocenters. The Bertz CT molecular complexity index is 292. The van der Waals surface area contributed by atoms with Crippen molar-refractivity contribution in [1.82, 2.24) is 4.90 Å². The van der Waals surface area contributed by atoms with Gasteiger partial charge in [-0.15, -0.1) is 0 Å². The first-order chi connectivity index (χ1) is 9.22. The molecule has 0 spiro atoms. The second-order valence-electron chi connectivity index (χ2n) is 6.54. The topological polar surface area (TPSA) is 40.5 Å². The van der Waals surface area contributed by atoms with Crippen molar-refractivity contribution < 1.29 is 9.90 Å². The number of aliphatic hydroxyl groups excluding tert-OH is 1. The molecule has 3 atom stereocenters. The fourth-order valence-corrected chi connectivity index (χ4v) is 3.83. The van der Waals surface area contributed by atoms with Crippen LogP contribution in [0, 0.1) is 17.8 Å². The molecule has 1 aliphatic heterocycles. The monoisotopic (exact) mass is 267 g/mol. The molecule has 1 aliphatic carbocycles. The van der Waals surface area contributed by atoms with Crippen LogP contribution in [0.2, 0.25) is 0 Å². The Morgan fingerprint density at radius 1 is 1.32 bits per heavy atom. The zero-order valence-corrected chi connectivity index (χ0v) is 12.3. The van der Waals surface area contributed by atoms with Gasteiger partial charge < -0.3 is 10.0 Å². The van der Waals surface area contributed by atoms with Crippen molar-refractivity contribution in [2.24, 2.45) is 17.8 Å². The Hall–Kier alpha value is -0.410. The highest BCUT2D eigenvalue weighted by Gasteiger charge is 2.30. The van der Waals surface area contributed by atoms with Crippen LogP contribution in [-0.2, 0) is 4.79 Å². The zero-order valence-electron chi connectivity index (χ0n) is 12.3. The largest absolute Gasteiger partial charge is 0.396 e. The number of likely N-dealkylation sites (tertiary alicyclic amines) is 1. The van der Waals surface area contributed by atoms with Gasteiger partial charge in [-0.1, -0.05) is 19.8 Å². The Balaban J connectivity index is 1.84. The highest BCUT2D eigenvalue weighted by molar-refractivity contribution is 5.81. The van der Waals surface area contributed by atoms with Crippen molar-refractivity contribution in [2.75, 3.05) is 26.2 Å². The molecule has 1 N–H and O–H groups in total. The highest BCUT2D eigenvalue weighted by Crippen LogP contribution is 2.31. The number of nitrogens with zero attached hydrogens (tertiary/aromatic N) is 1. The van der Waals surface area contributed by atoms with Gasteiger partial charge in [-0.05, 0) is 44.1 Å². The number of ketones is 1. The lowest BCUT2D eigenvalue weighted by molar-refractivity contribution is -0.126. The van der Waals surface area contributed by atoms with Crippen molar-refractivity contribution >= 4 is 5.78 Å². The van der Waals surface area contributed by atoms with Crippen LogP contribution in [-0.4, -0.2) is 42.0 Å². The third kappa shape index (κ3) is 4.28. The summed E-state index contributed by atoms with van der Waals surface area (Å²) in [5.74, 6) is 1.95. The first-order valence-corrected chi connectivity index (χ1v) is 8.08. The first-order valence-electron chi connectivity index (χ1n) is 8.08. The summed E-state index contributed by atoms with van der Waals surface area (Å²) in [5, 5.41) is 9.29. The van der Waals surface area contributed by atoms with Crippen LogP contribution in [0.4, 0.5) is 0 Å². The number of aliphatic hydroxyl groups is 1. The summed E-state index contributed by atoms with van der Waals surface area (Å²) in [6, 6.07) is 0. The first kappa shape index (κ1) is 15.0. The van der Waals surface area contributed by atoms with E-state index >= 15 is 0 Å². The number of Topliss-reactive ketones (excluding diaryl/α,β-unsaturated/α-hetero) is 1. The lowest BCUT2D eigenvalue weighted by Gasteiger charge is -2.36. The van der Waals surface area contributed by atoms with Crippen LogP contribution in [0.3, 0.4) is 0 Å². The molecule has 0 bridgehead atoms. The maximum atomic E-state index is 12.1. The van der Waals surface area contributed by atoms with Gasteiger partial charge in [0.1, 0.15) is 5.78 Å². The summed E-state index contributed by atoms with van der Waals surface area (Å²) in [5.41, 5.74) is 0. The molecular formula is C16H29NO2. The predicted molar refractivity (Wildman–Crippen MR) is 77.0 cm³/mol. The van der Waals surface area contributed by atoms with E-state index < -0.39 is 0 Å². The molecule has 19 heavy (non-hydrogen) atoms. The lowest BCUT2D eigenvalue weighted by atomic mass is 9.78. The minimum Gasteiger partial charge on any atom is -0.396 e. The minimum absolute atomic E-state index is 0.266. The van der Waals surface area contributed by atoms with Crippen molar-refractivity contribution in [3.8, 4) is 0 Å². The van der Waals surface area contributed by atoms with Crippen LogP contribution in [0.1, 0.15) is 51.9 Å². The second kappa shape index (κ2) is 7.39. The van der Waals surface area contributed by atoms with Gasteiger partial charge >= 0.3 is 0 Å². The number of rotatable bonds is 5. The number of hydrogen-bond donors (Lipinski definition) is 1. The van der Waals surface area contributed by atoms with E-state index in [0.29, 0.717) is 18.3 Å². The van der Waals surface area contributed by atoms with Gasteiger partial charge in [-0.2, -0.15) is 0 Å². The van der Waals surface area contributed by atoms with Crippen molar-refractivity contribution in [1.29, 1.82) is 0 Å². The van der Waals surface area contributed by atoms with Gasteiger partial charge in [0.05, 0.1) is 0 Å². The van der Waals surface area contributed by atoms with E-state index in [1.54, 1.807) is 0 Å². The Labute approximate surface area is 117 Å². The molecule has 0 aromatic carbocycles.